The summed E-state index contributed by atoms with van der Waals surface area (Å²) in [6, 6.07) is 16.8. The zero-order valence-corrected chi connectivity index (χ0v) is 20.0. The molecule has 3 heterocycles. The van der Waals surface area contributed by atoms with Gasteiger partial charge in [-0.05, 0) is 61.4 Å². The first-order chi connectivity index (χ1) is 17.4. The first-order valence-corrected chi connectivity index (χ1v) is 12.1. The SMILES string of the molecule is C[C@H](SC1=N/C(=C\c2ccco2)C(=O)N1c1ccc(OC(F)F)cc1)C(=O)N1CCc2ccccc21. The number of rotatable bonds is 6. The number of anilines is 2. The first kappa shape index (κ1) is 23.8. The van der Waals surface area contributed by atoms with Gasteiger partial charge in [0.2, 0.25) is 5.91 Å². The molecule has 2 amide bonds. The third-order valence-electron chi connectivity index (χ3n) is 5.75. The molecule has 3 aromatic rings. The fraction of sp³-hybridized carbons (Fsp3) is 0.192. The van der Waals surface area contributed by atoms with E-state index in [-0.39, 0.29) is 17.4 Å². The van der Waals surface area contributed by atoms with Crippen LogP contribution in [-0.2, 0) is 16.0 Å². The fourth-order valence-corrected chi connectivity index (χ4v) is 5.07. The molecule has 2 aliphatic heterocycles. The molecule has 10 heteroatoms. The molecule has 0 spiro atoms. The molecular formula is C26H21F2N3O4S. The molecule has 184 valence electrons. The van der Waals surface area contributed by atoms with Gasteiger partial charge in [0.25, 0.3) is 5.91 Å². The van der Waals surface area contributed by atoms with Crippen molar-refractivity contribution < 1.29 is 27.5 Å². The number of hydrogen-bond acceptors (Lipinski definition) is 6. The lowest BCUT2D eigenvalue weighted by atomic mass is 10.2. The van der Waals surface area contributed by atoms with Gasteiger partial charge in [-0.15, -0.1) is 0 Å². The fourth-order valence-electron chi connectivity index (χ4n) is 4.08. The van der Waals surface area contributed by atoms with Gasteiger partial charge in [-0.2, -0.15) is 8.78 Å². The highest BCUT2D eigenvalue weighted by Gasteiger charge is 2.36. The number of thioether (sulfide) groups is 1. The Morgan fingerprint density at radius 2 is 1.92 bits per heavy atom. The van der Waals surface area contributed by atoms with Crippen LogP contribution in [0.5, 0.6) is 5.75 Å². The molecule has 1 aromatic heterocycles. The lowest BCUT2D eigenvalue weighted by molar-refractivity contribution is -0.117. The predicted octanol–water partition coefficient (Wildman–Crippen LogP) is 5.34. The summed E-state index contributed by atoms with van der Waals surface area (Å²) in [5, 5.41) is -0.247. The van der Waals surface area contributed by atoms with Crippen LogP contribution in [0.25, 0.3) is 6.08 Å². The third-order valence-corrected chi connectivity index (χ3v) is 6.79. The molecule has 0 saturated heterocycles. The Bertz CT molecular complexity index is 1340. The normalized spacial score (nSPS) is 17.1. The smallest absolute Gasteiger partial charge is 0.387 e. The van der Waals surface area contributed by atoms with Crippen molar-refractivity contribution in [2.75, 3.05) is 16.3 Å². The summed E-state index contributed by atoms with van der Waals surface area (Å²) in [6.45, 7) is -0.595. The number of amides is 2. The highest BCUT2D eigenvalue weighted by atomic mass is 32.2. The van der Waals surface area contributed by atoms with Crippen molar-refractivity contribution >= 4 is 46.2 Å². The van der Waals surface area contributed by atoms with Gasteiger partial charge in [-0.25, -0.2) is 4.99 Å². The van der Waals surface area contributed by atoms with Gasteiger partial charge in [0.1, 0.15) is 17.2 Å². The van der Waals surface area contributed by atoms with Crippen molar-refractivity contribution in [2.45, 2.75) is 25.2 Å². The van der Waals surface area contributed by atoms with Crippen LogP contribution in [0.4, 0.5) is 20.2 Å². The van der Waals surface area contributed by atoms with Crippen molar-refractivity contribution in [3.8, 4) is 5.75 Å². The Balaban J connectivity index is 1.42. The molecule has 0 aliphatic carbocycles. The maximum Gasteiger partial charge on any atom is 0.387 e. The topological polar surface area (TPSA) is 75.4 Å². The van der Waals surface area contributed by atoms with Gasteiger partial charge in [0.15, 0.2) is 5.17 Å². The number of para-hydroxylation sites is 1. The number of alkyl halides is 2. The highest BCUT2D eigenvalue weighted by Crippen LogP contribution is 2.34. The van der Waals surface area contributed by atoms with E-state index in [9.17, 15) is 18.4 Å². The van der Waals surface area contributed by atoms with Gasteiger partial charge >= 0.3 is 6.61 Å². The number of benzene rings is 2. The van der Waals surface area contributed by atoms with E-state index in [1.54, 1.807) is 24.0 Å². The minimum absolute atomic E-state index is 0.0332. The second-order valence-electron chi connectivity index (χ2n) is 8.08. The third kappa shape index (κ3) is 4.76. The number of furan rings is 1. The summed E-state index contributed by atoms with van der Waals surface area (Å²) in [7, 11) is 0. The van der Waals surface area contributed by atoms with Gasteiger partial charge < -0.3 is 14.1 Å². The van der Waals surface area contributed by atoms with Gasteiger partial charge in [0, 0.05) is 18.3 Å². The standard InChI is InChI=1S/C26H21F2N3O4S/c1-16(23(32)30-13-12-17-5-2-3-7-22(17)30)36-26-29-21(15-20-6-4-14-34-20)24(33)31(26)18-8-10-19(11-9-18)35-25(27)28/h2-11,14-16,25H,12-13H2,1H3/b21-15-/t16-/m0/s1. The van der Waals surface area contributed by atoms with E-state index in [1.807, 2.05) is 24.3 Å². The summed E-state index contributed by atoms with van der Waals surface area (Å²) in [6.07, 6.45) is 3.79. The Hall–Kier alpha value is -3.92. The van der Waals surface area contributed by atoms with E-state index in [4.69, 9.17) is 4.42 Å². The summed E-state index contributed by atoms with van der Waals surface area (Å²) in [5.41, 5.74) is 2.55. The van der Waals surface area contributed by atoms with Gasteiger partial charge in [-0.1, -0.05) is 30.0 Å². The molecule has 0 bridgehead atoms. The number of halogens is 2. The van der Waals surface area contributed by atoms with Crippen molar-refractivity contribution in [1.82, 2.24) is 0 Å². The van der Waals surface area contributed by atoms with E-state index in [2.05, 4.69) is 9.73 Å². The average molecular weight is 510 g/mol. The maximum absolute atomic E-state index is 13.3. The predicted molar refractivity (Wildman–Crippen MR) is 134 cm³/mol. The van der Waals surface area contributed by atoms with Crippen LogP contribution in [0, 0.1) is 0 Å². The number of hydrogen-bond donors (Lipinski definition) is 0. The number of aliphatic imine (C=N–C) groups is 1. The summed E-state index contributed by atoms with van der Waals surface area (Å²) in [5.74, 6) is -0.104. The highest BCUT2D eigenvalue weighted by molar-refractivity contribution is 8.15. The molecule has 0 N–H and O–H groups in total. The van der Waals surface area contributed by atoms with E-state index in [0.717, 1.165) is 29.4 Å². The molecule has 2 aromatic carbocycles. The average Bonchev–Trinajstić information content (AvgIpc) is 3.59. The van der Waals surface area contributed by atoms with Crippen molar-refractivity contribution in [3.05, 3.63) is 83.9 Å². The van der Waals surface area contributed by atoms with Crippen molar-refractivity contribution in [1.29, 1.82) is 0 Å². The lowest BCUT2D eigenvalue weighted by Crippen LogP contribution is -2.38. The number of carbonyl (C=O) groups is 2. The molecule has 7 nitrogen and oxygen atoms in total. The van der Waals surface area contributed by atoms with E-state index < -0.39 is 17.8 Å². The zero-order valence-electron chi connectivity index (χ0n) is 19.1. The second-order valence-corrected chi connectivity index (χ2v) is 9.39. The van der Waals surface area contributed by atoms with Crippen LogP contribution in [0.1, 0.15) is 18.2 Å². The van der Waals surface area contributed by atoms with Crippen LogP contribution in [-0.4, -0.2) is 35.4 Å². The summed E-state index contributed by atoms with van der Waals surface area (Å²) >= 11 is 1.16. The molecule has 0 unspecified atom stereocenters. The molecular weight excluding hydrogens is 488 g/mol. The largest absolute Gasteiger partial charge is 0.465 e. The molecule has 2 aliphatic rings. The molecule has 1 atom stereocenters. The zero-order chi connectivity index (χ0) is 25.2. The Kier molecular flexibility index (Phi) is 6.60. The van der Waals surface area contributed by atoms with Crippen LogP contribution < -0.4 is 14.5 Å². The molecule has 0 saturated carbocycles. The summed E-state index contributed by atoms with van der Waals surface area (Å²) < 4.78 is 34.8. The van der Waals surface area contributed by atoms with Crippen molar-refractivity contribution in [2.24, 2.45) is 4.99 Å². The van der Waals surface area contributed by atoms with Crippen molar-refractivity contribution in [3.63, 3.8) is 0 Å². The molecule has 0 radical (unpaired) electrons. The molecule has 5 rings (SSSR count). The number of fused-ring (bicyclic) bond motifs is 1. The van der Waals surface area contributed by atoms with Crippen LogP contribution in [0.15, 0.2) is 82.0 Å². The number of nitrogens with zero attached hydrogens (tertiary/aromatic N) is 3. The lowest BCUT2D eigenvalue weighted by Gasteiger charge is -2.23. The molecule has 0 fully saturated rings. The number of carbonyl (C=O) groups excluding carboxylic acids is 2. The summed E-state index contributed by atoms with van der Waals surface area (Å²) in [4.78, 5) is 34.3. The van der Waals surface area contributed by atoms with Crippen LogP contribution in [0.3, 0.4) is 0 Å². The van der Waals surface area contributed by atoms with E-state index in [0.29, 0.717) is 23.2 Å². The van der Waals surface area contributed by atoms with Gasteiger partial charge in [0.05, 0.1) is 17.2 Å². The van der Waals surface area contributed by atoms with E-state index in [1.165, 1.54) is 41.5 Å². The van der Waals surface area contributed by atoms with Crippen LogP contribution in [0.2, 0.25) is 0 Å². The number of amidine groups is 1. The minimum atomic E-state index is -2.96. The molecule has 36 heavy (non-hydrogen) atoms. The Labute approximate surface area is 210 Å². The monoisotopic (exact) mass is 509 g/mol. The maximum atomic E-state index is 13.3. The van der Waals surface area contributed by atoms with E-state index >= 15 is 0 Å². The number of ether oxygens (including phenoxy) is 1. The van der Waals surface area contributed by atoms with Crippen LogP contribution >= 0.6 is 11.8 Å². The van der Waals surface area contributed by atoms with Gasteiger partial charge in [-0.3, -0.25) is 14.5 Å². The minimum Gasteiger partial charge on any atom is -0.465 e. The quantitative estimate of drug-likeness (QED) is 0.420. The Morgan fingerprint density at radius 1 is 1.14 bits per heavy atom. The Morgan fingerprint density at radius 3 is 2.64 bits per heavy atom. The first-order valence-electron chi connectivity index (χ1n) is 11.2. The second kappa shape index (κ2) is 9.98.